The van der Waals surface area contributed by atoms with Gasteiger partial charge in [-0.1, -0.05) is 11.6 Å². The van der Waals surface area contributed by atoms with Crippen molar-refractivity contribution in [3.05, 3.63) is 69.1 Å². The van der Waals surface area contributed by atoms with Crippen LogP contribution < -0.4 is 10.7 Å². The fourth-order valence-corrected chi connectivity index (χ4v) is 2.81. The summed E-state index contributed by atoms with van der Waals surface area (Å²) >= 11 is 5.79. The molecule has 3 rings (SSSR count). The van der Waals surface area contributed by atoms with E-state index in [4.69, 9.17) is 16.3 Å². The Kier molecular flexibility index (Phi) is 5.75. The summed E-state index contributed by atoms with van der Waals surface area (Å²) in [4.78, 5) is 41.4. The van der Waals surface area contributed by atoms with Crippen LogP contribution in [-0.2, 0) is 16.1 Å². The third kappa shape index (κ3) is 4.20. The molecule has 0 atom stereocenters. The van der Waals surface area contributed by atoms with Gasteiger partial charge in [0.05, 0.1) is 5.39 Å². The lowest BCUT2D eigenvalue weighted by atomic mass is 10.2. The van der Waals surface area contributed by atoms with E-state index in [1.54, 1.807) is 41.0 Å². The minimum atomic E-state index is -0.860. The molecule has 7 nitrogen and oxygen atoms in total. The number of aryl methyl sites for hydroxylation is 2. The summed E-state index contributed by atoms with van der Waals surface area (Å²) in [5.74, 6) is -1.38. The summed E-state index contributed by atoms with van der Waals surface area (Å²) in [5, 5.41) is 3.45. The van der Waals surface area contributed by atoms with Crippen LogP contribution in [0.5, 0.6) is 0 Å². The average molecular weight is 400 g/mol. The summed E-state index contributed by atoms with van der Waals surface area (Å²) in [6, 6.07) is 9.84. The molecule has 1 N–H and O–H groups in total. The highest BCUT2D eigenvalue weighted by Gasteiger charge is 2.18. The van der Waals surface area contributed by atoms with Crippen LogP contribution in [0.2, 0.25) is 5.02 Å². The molecule has 0 radical (unpaired) electrons. The Morgan fingerprint density at radius 3 is 2.57 bits per heavy atom. The van der Waals surface area contributed by atoms with Crippen LogP contribution in [0.1, 0.15) is 23.0 Å². The Labute approximate surface area is 165 Å². The fraction of sp³-hybridized carbons (Fsp3) is 0.200. The van der Waals surface area contributed by atoms with Gasteiger partial charge >= 0.3 is 5.97 Å². The zero-order valence-electron chi connectivity index (χ0n) is 15.4. The van der Waals surface area contributed by atoms with Crippen molar-refractivity contribution >= 4 is 40.2 Å². The van der Waals surface area contributed by atoms with Crippen LogP contribution in [-0.4, -0.2) is 28.0 Å². The number of rotatable bonds is 5. The topological polar surface area (TPSA) is 90.3 Å². The quantitative estimate of drug-likeness (QED) is 0.665. The number of amides is 1. The van der Waals surface area contributed by atoms with Gasteiger partial charge in [0, 0.05) is 29.1 Å². The van der Waals surface area contributed by atoms with E-state index in [-0.39, 0.29) is 5.56 Å². The number of carbonyl (C=O) groups excluding carboxylic acids is 2. The molecule has 0 aliphatic carbocycles. The van der Waals surface area contributed by atoms with Crippen molar-refractivity contribution in [2.24, 2.45) is 0 Å². The number of aromatic nitrogens is 2. The third-order valence-corrected chi connectivity index (χ3v) is 4.34. The summed E-state index contributed by atoms with van der Waals surface area (Å²) in [6.45, 7) is 3.70. The lowest BCUT2D eigenvalue weighted by Gasteiger charge is -2.11. The number of anilines is 1. The van der Waals surface area contributed by atoms with E-state index in [2.05, 4.69) is 10.3 Å². The number of hydrogen-bond acceptors (Lipinski definition) is 5. The zero-order valence-corrected chi connectivity index (χ0v) is 16.1. The van der Waals surface area contributed by atoms with Gasteiger partial charge in [0.15, 0.2) is 6.61 Å². The van der Waals surface area contributed by atoms with E-state index < -0.39 is 23.9 Å². The van der Waals surface area contributed by atoms with Gasteiger partial charge in [-0.3, -0.25) is 9.59 Å². The van der Waals surface area contributed by atoms with Crippen LogP contribution in [0.3, 0.4) is 0 Å². The van der Waals surface area contributed by atoms with E-state index in [0.717, 1.165) is 5.69 Å². The van der Waals surface area contributed by atoms with Crippen LogP contribution in [0.25, 0.3) is 11.0 Å². The minimum absolute atomic E-state index is 0.140. The number of pyridine rings is 2. The van der Waals surface area contributed by atoms with Crippen molar-refractivity contribution in [3.8, 4) is 0 Å². The molecule has 0 unspecified atom stereocenters. The summed E-state index contributed by atoms with van der Waals surface area (Å²) in [6.07, 6.45) is 1.41. The van der Waals surface area contributed by atoms with Gasteiger partial charge < -0.3 is 14.6 Å². The maximum absolute atomic E-state index is 12.6. The predicted molar refractivity (Wildman–Crippen MR) is 107 cm³/mol. The monoisotopic (exact) mass is 399 g/mol. The Hall–Kier alpha value is -3.19. The van der Waals surface area contributed by atoms with Crippen LogP contribution in [0, 0.1) is 6.92 Å². The maximum atomic E-state index is 12.6. The first-order valence-corrected chi connectivity index (χ1v) is 9.00. The first-order chi connectivity index (χ1) is 13.4. The van der Waals surface area contributed by atoms with Gasteiger partial charge in [-0.25, -0.2) is 9.78 Å². The number of carbonyl (C=O) groups is 2. The van der Waals surface area contributed by atoms with Crippen molar-refractivity contribution in [1.29, 1.82) is 0 Å². The molecule has 1 aromatic carbocycles. The van der Waals surface area contributed by atoms with Crippen LogP contribution >= 0.6 is 11.6 Å². The lowest BCUT2D eigenvalue weighted by molar-refractivity contribution is -0.119. The second kappa shape index (κ2) is 8.22. The molecule has 0 fully saturated rings. The summed E-state index contributed by atoms with van der Waals surface area (Å²) < 4.78 is 6.73. The third-order valence-electron chi connectivity index (χ3n) is 4.08. The SMILES string of the molecule is CCn1cc(C(=O)OCC(=O)Nc2ccc(Cl)cc2)c(=O)c2ccc(C)nc21. The standard InChI is InChI=1S/C20H18ClN3O4/c1-3-24-10-16(18(26)15-9-4-12(2)22-19(15)24)20(27)28-11-17(25)23-14-7-5-13(21)6-8-14/h4-10H,3,11H2,1-2H3,(H,23,25). The lowest BCUT2D eigenvalue weighted by Crippen LogP contribution is -2.25. The molecular formula is C20H18ClN3O4. The number of fused-ring (bicyclic) bond motifs is 1. The van der Waals surface area contributed by atoms with Crippen LogP contribution in [0.15, 0.2) is 47.4 Å². The highest BCUT2D eigenvalue weighted by Crippen LogP contribution is 2.14. The minimum Gasteiger partial charge on any atom is -0.452 e. The van der Waals surface area contributed by atoms with Crippen molar-refractivity contribution < 1.29 is 14.3 Å². The summed E-state index contributed by atoms with van der Waals surface area (Å²) in [7, 11) is 0. The zero-order chi connectivity index (χ0) is 20.3. The molecule has 0 bridgehead atoms. The molecule has 1 amide bonds. The largest absolute Gasteiger partial charge is 0.452 e. The summed E-state index contributed by atoms with van der Waals surface area (Å²) in [5.41, 5.74) is 1.17. The Morgan fingerprint density at radius 2 is 1.89 bits per heavy atom. The van der Waals surface area contributed by atoms with Gasteiger partial charge in [-0.15, -0.1) is 0 Å². The number of nitrogens with zero attached hydrogens (tertiary/aromatic N) is 2. The molecule has 0 saturated carbocycles. The number of nitrogens with one attached hydrogen (secondary N) is 1. The Bertz CT molecular complexity index is 1110. The van der Waals surface area contributed by atoms with E-state index in [1.807, 2.05) is 13.8 Å². The molecule has 0 spiro atoms. The van der Waals surface area contributed by atoms with Crippen molar-refractivity contribution in [3.63, 3.8) is 0 Å². The van der Waals surface area contributed by atoms with Gasteiger partial charge in [-0.05, 0) is 50.2 Å². The first kappa shape index (κ1) is 19.6. The van der Waals surface area contributed by atoms with E-state index >= 15 is 0 Å². The molecular weight excluding hydrogens is 382 g/mol. The second-order valence-corrected chi connectivity index (χ2v) is 6.55. The molecule has 2 heterocycles. The van der Waals surface area contributed by atoms with Crippen molar-refractivity contribution in [2.75, 3.05) is 11.9 Å². The highest BCUT2D eigenvalue weighted by atomic mass is 35.5. The number of ether oxygens (including phenoxy) is 1. The predicted octanol–water partition coefficient (Wildman–Crippen LogP) is 3.17. The molecule has 3 aromatic rings. The van der Waals surface area contributed by atoms with E-state index in [9.17, 15) is 14.4 Å². The molecule has 2 aromatic heterocycles. The number of halogens is 1. The van der Waals surface area contributed by atoms with Crippen LogP contribution in [0.4, 0.5) is 5.69 Å². The first-order valence-electron chi connectivity index (χ1n) is 8.62. The van der Waals surface area contributed by atoms with Gasteiger partial charge in [0.25, 0.3) is 5.91 Å². The van der Waals surface area contributed by atoms with E-state index in [0.29, 0.717) is 28.3 Å². The van der Waals surface area contributed by atoms with Crippen molar-refractivity contribution in [1.82, 2.24) is 9.55 Å². The molecule has 8 heteroatoms. The highest BCUT2D eigenvalue weighted by molar-refractivity contribution is 6.30. The molecule has 0 aliphatic heterocycles. The van der Waals surface area contributed by atoms with E-state index in [1.165, 1.54) is 6.20 Å². The Morgan fingerprint density at radius 1 is 1.18 bits per heavy atom. The normalized spacial score (nSPS) is 10.7. The van der Waals surface area contributed by atoms with Gasteiger partial charge in [0.2, 0.25) is 5.43 Å². The molecule has 28 heavy (non-hydrogen) atoms. The molecule has 0 saturated heterocycles. The van der Waals surface area contributed by atoms with Gasteiger partial charge in [-0.2, -0.15) is 0 Å². The fourth-order valence-electron chi connectivity index (χ4n) is 2.69. The van der Waals surface area contributed by atoms with Gasteiger partial charge in [0.1, 0.15) is 11.2 Å². The maximum Gasteiger partial charge on any atom is 0.344 e. The van der Waals surface area contributed by atoms with Crippen molar-refractivity contribution in [2.45, 2.75) is 20.4 Å². The number of benzene rings is 1. The number of esters is 1. The Balaban J connectivity index is 1.77. The number of hydrogen-bond donors (Lipinski definition) is 1. The molecule has 0 aliphatic rings. The smallest absolute Gasteiger partial charge is 0.344 e. The molecule has 144 valence electrons. The average Bonchev–Trinajstić information content (AvgIpc) is 2.68. The second-order valence-electron chi connectivity index (χ2n) is 6.11.